The zero-order chi connectivity index (χ0) is 12.4. The Balaban J connectivity index is 0.00000162. The van der Waals surface area contributed by atoms with Crippen molar-refractivity contribution in [2.75, 3.05) is 19.6 Å². The number of amides is 1. The number of hydrogen-bond acceptors (Lipinski definition) is 2. The number of carbonyl (C=O) groups is 1. The molecular formula is C13H18BrClN2O. The first-order valence-electron chi connectivity index (χ1n) is 5.87. The predicted octanol–water partition coefficient (Wildman–Crippen LogP) is 2.61. The molecule has 0 unspecified atom stereocenters. The molecule has 1 amide bonds. The summed E-state index contributed by atoms with van der Waals surface area (Å²) in [4.78, 5) is 14.4. The number of hydrogen-bond donors (Lipinski definition) is 1. The Bertz CT molecular complexity index is 439. The summed E-state index contributed by atoms with van der Waals surface area (Å²) in [6.07, 6.45) is 0. The summed E-state index contributed by atoms with van der Waals surface area (Å²) in [6.45, 7) is 6.60. The molecule has 0 saturated carbocycles. The summed E-state index contributed by atoms with van der Waals surface area (Å²) in [5.41, 5.74) is 1.83. The highest BCUT2D eigenvalue weighted by molar-refractivity contribution is 9.10. The number of rotatable bonds is 1. The van der Waals surface area contributed by atoms with Crippen molar-refractivity contribution in [3.8, 4) is 0 Å². The van der Waals surface area contributed by atoms with Gasteiger partial charge in [-0.25, -0.2) is 0 Å². The van der Waals surface area contributed by atoms with E-state index in [0.717, 1.165) is 35.2 Å². The molecular weight excluding hydrogens is 316 g/mol. The fourth-order valence-electron chi connectivity index (χ4n) is 2.12. The van der Waals surface area contributed by atoms with Gasteiger partial charge in [0.05, 0.1) is 0 Å². The van der Waals surface area contributed by atoms with E-state index in [2.05, 4.69) is 28.2 Å². The van der Waals surface area contributed by atoms with Gasteiger partial charge in [0.25, 0.3) is 5.91 Å². The zero-order valence-corrected chi connectivity index (χ0v) is 13.0. The smallest absolute Gasteiger partial charge is 0.254 e. The maximum absolute atomic E-state index is 12.5. The largest absolute Gasteiger partial charge is 0.333 e. The average Bonchev–Trinajstić information content (AvgIpc) is 2.32. The number of piperazine rings is 1. The van der Waals surface area contributed by atoms with Crippen molar-refractivity contribution in [1.82, 2.24) is 10.2 Å². The Kier molecular flexibility index (Phi) is 5.63. The first kappa shape index (κ1) is 15.5. The van der Waals surface area contributed by atoms with E-state index in [4.69, 9.17) is 0 Å². The molecule has 100 valence electrons. The molecule has 3 nitrogen and oxygen atoms in total. The first-order valence-corrected chi connectivity index (χ1v) is 6.66. The predicted molar refractivity (Wildman–Crippen MR) is 79.5 cm³/mol. The molecule has 2 rings (SSSR count). The van der Waals surface area contributed by atoms with Gasteiger partial charge in [-0.1, -0.05) is 22.0 Å². The molecule has 1 atom stereocenters. The average molecular weight is 334 g/mol. The van der Waals surface area contributed by atoms with Crippen molar-refractivity contribution in [2.24, 2.45) is 0 Å². The second kappa shape index (κ2) is 6.55. The number of nitrogens with one attached hydrogen (secondary N) is 1. The van der Waals surface area contributed by atoms with Crippen LogP contribution in [0.1, 0.15) is 22.8 Å². The summed E-state index contributed by atoms with van der Waals surface area (Å²) in [7, 11) is 0. The lowest BCUT2D eigenvalue weighted by atomic mass is 10.1. The third-order valence-electron chi connectivity index (χ3n) is 3.19. The van der Waals surface area contributed by atoms with Crippen molar-refractivity contribution in [2.45, 2.75) is 19.9 Å². The monoisotopic (exact) mass is 332 g/mol. The van der Waals surface area contributed by atoms with E-state index in [0.29, 0.717) is 0 Å². The van der Waals surface area contributed by atoms with Gasteiger partial charge in [-0.05, 0) is 31.5 Å². The number of aryl methyl sites for hydroxylation is 1. The van der Waals surface area contributed by atoms with Gasteiger partial charge in [-0.3, -0.25) is 4.79 Å². The van der Waals surface area contributed by atoms with Crippen LogP contribution in [0.2, 0.25) is 0 Å². The molecule has 1 N–H and O–H groups in total. The molecule has 1 saturated heterocycles. The lowest BCUT2D eigenvalue weighted by Crippen LogP contribution is -2.52. The minimum Gasteiger partial charge on any atom is -0.333 e. The molecule has 0 aromatic heterocycles. The van der Waals surface area contributed by atoms with Crippen molar-refractivity contribution in [1.29, 1.82) is 0 Å². The highest BCUT2D eigenvalue weighted by Crippen LogP contribution is 2.19. The second-order valence-electron chi connectivity index (χ2n) is 4.51. The maximum atomic E-state index is 12.5. The standard InChI is InChI=1S/C13H17BrN2O.ClH/c1-9-3-4-11(14)7-12(9)13(17)16-6-5-15-8-10(16)2;/h3-4,7,10,15H,5-6,8H2,1-2H3;1H/t10-;/m1./s1. The van der Waals surface area contributed by atoms with Crippen LogP contribution >= 0.6 is 28.3 Å². The number of halogens is 2. The lowest BCUT2D eigenvalue weighted by Gasteiger charge is -2.34. The molecule has 1 aliphatic heterocycles. The fourth-order valence-corrected chi connectivity index (χ4v) is 2.48. The van der Waals surface area contributed by atoms with Crippen molar-refractivity contribution < 1.29 is 4.79 Å². The van der Waals surface area contributed by atoms with Gasteiger partial charge in [0.1, 0.15) is 0 Å². The number of carbonyl (C=O) groups excluding carboxylic acids is 1. The van der Waals surface area contributed by atoms with Crippen LogP contribution in [0.5, 0.6) is 0 Å². The van der Waals surface area contributed by atoms with Crippen molar-refractivity contribution in [3.05, 3.63) is 33.8 Å². The Morgan fingerprint density at radius 1 is 1.50 bits per heavy atom. The Hall–Kier alpha value is -0.580. The third-order valence-corrected chi connectivity index (χ3v) is 3.69. The van der Waals surface area contributed by atoms with Crippen LogP contribution < -0.4 is 5.32 Å². The first-order chi connectivity index (χ1) is 8.09. The van der Waals surface area contributed by atoms with E-state index in [1.54, 1.807) is 0 Å². The molecule has 0 aliphatic carbocycles. The van der Waals surface area contributed by atoms with Crippen LogP contribution in [0.25, 0.3) is 0 Å². The summed E-state index contributed by atoms with van der Waals surface area (Å²) in [5, 5.41) is 3.29. The van der Waals surface area contributed by atoms with Gasteiger partial charge >= 0.3 is 0 Å². The third kappa shape index (κ3) is 3.25. The van der Waals surface area contributed by atoms with Gasteiger partial charge in [0, 0.05) is 35.7 Å². The van der Waals surface area contributed by atoms with Crippen LogP contribution in [0.15, 0.2) is 22.7 Å². The zero-order valence-electron chi connectivity index (χ0n) is 10.6. The summed E-state index contributed by atoms with van der Waals surface area (Å²) >= 11 is 3.42. The Morgan fingerprint density at radius 2 is 2.22 bits per heavy atom. The molecule has 1 fully saturated rings. The molecule has 5 heteroatoms. The van der Waals surface area contributed by atoms with Gasteiger partial charge in [-0.2, -0.15) is 0 Å². The van der Waals surface area contributed by atoms with Gasteiger partial charge in [0.15, 0.2) is 0 Å². The van der Waals surface area contributed by atoms with E-state index >= 15 is 0 Å². The molecule has 1 aromatic carbocycles. The number of benzene rings is 1. The summed E-state index contributed by atoms with van der Waals surface area (Å²) in [5.74, 6) is 0.137. The lowest BCUT2D eigenvalue weighted by molar-refractivity contribution is 0.0655. The van der Waals surface area contributed by atoms with Crippen LogP contribution in [-0.4, -0.2) is 36.5 Å². The molecule has 0 spiro atoms. The minimum absolute atomic E-state index is 0. The topological polar surface area (TPSA) is 32.3 Å². The van der Waals surface area contributed by atoms with E-state index < -0.39 is 0 Å². The van der Waals surface area contributed by atoms with E-state index in [1.165, 1.54) is 0 Å². The fraction of sp³-hybridized carbons (Fsp3) is 0.462. The summed E-state index contributed by atoms with van der Waals surface area (Å²) < 4.78 is 0.953. The Labute approximate surface area is 122 Å². The van der Waals surface area contributed by atoms with Gasteiger partial charge in [0.2, 0.25) is 0 Å². The molecule has 1 aromatic rings. The van der Waals surface area contributed by atoms with Crippen molar-refractivity contribution in [3.63, 3.8) is 0 Å². The maximum Gasteiger partial charge on any atom is 0.254 e. The van der Waals surface area contributed by atoms with Crippen LogP contribution in [0.4, 0.5) is 0 Å². The summed E-state index contributed by atoms with van der Waals surface area (Å²) in [6, 6.07) is 6.11. The van der Waals surface area contributed by atoms with E-state index in [9.17, 15) is 4.79 Å². The highest BCUT2D eigenvalue weighted by Gasteiger charge is 2.24. The quantitative estimate of drug-likeness (QED) is 0.857. The molecule has 0 radical (unpaired) electrons. The molecule has 18 heavy (non-hydrogen) atoms. The number of nitrogens with zero attached hydrogens (tertiary/aromatic N) is 1. The molecule has 1 heterocycles. The Morgan fingerprint density at radius 3 is 2.89 bits per heavy atom. The minimum atomic E-state index is 0. The van der Waals surface area contributed by atoms with Crippen molar-refractivity contribution >= 4 is 34.2 Å². The highest BCUT2D eigenvalue weighted by atomic mass is 79.9. The normalized spacial score (nSPS) is 19.3. The van der Waals surface area contributed by atoms with Gasteiger partial charge in [-0.15, -0.1) is 12.4 Å². The van der Waals surface area contributed by atoms with Crippen LogP contribution in [0, 0.1) is 6.92 Å². The van der Waals surface area contributed by atoms with Crippen LogP contribution in [-0.2, 0) is 0 Å². The second-order valence-corrected chi connectivity index (χ2v) is 5.43. The van der Waals surface area contributed by atoms with E-state index in [1.807, 2.05) is 30.0 Å². The van der Waals surface area contributed by atoms with E-state index in [-0.39, 0.29) is 24.4 Å². The van der Waals surface area contributed by atoms with Gasteiger partial charge < -0.3 is 10.2 Å². The van der Waals surface area contributed by atoms with Crippen LogP contribution in [0.3, 0.4) is 0 Å². The molecule has 0 bridgehead atoms. The SMILES string of the molecule is Cc1ccc(Br)cc1C(=O)N1CCNC[C@H]1C.Cl. The molecule has 1 aliphatic rings.